The SMILES string of the molecule is CCC(C)NC(=O)c1csc2c1CCCC2. The molecule has 2 nitrogen and oxygen atoms in total. The van der Waals surface area contributed by atoms with Crippen LogP contribution >= 0.6 is 11.3 Å². The zero-order valence-electron chi connectivity index (χ0n) is 10.0. The van der Waals surface area contributed by atoms with Gasteiger partial charge in [0.15, 0.2) is 0 Å². The van der Waals surface area contributed by atoms with Gasteiger partial charge < -0.3 is 5.32 Å². The molecule has 88 valence electrons. The predicted molar refractivity (Wildman–Crippen MR) is 68.2 cm³/mol. The number of aryl methyl sites for hydroxylation is 1. The summed E-state index contributed by atoms with van der Waals surface area (Å²) >= 11 is 1.75. The Morgan fingerprint density at radius 3 is 3.00 bits per heavy atom. The Balaban J connectivity index is 2.14. The summed E-state index contributed by atoms with van der Waals surface area (Å²) in [6.07, 6.45) is 5.74. The van der Waals surface area contributed by atoms with Crippen molar-refractivity contribution < 1.29 is 4.79 Å². The maximum atomic E-state index is 12.0. The van der Waals surface area contributed by atoms with Crippen LogP contribution < -0.4 is 5.32 Å². The highest BCUT2D eigenvalue weighted by Gasteiger charge is 2.20. The first-order valence-corrected chi connectivity index (χ1v) is 7.00. The number of thiophene rings is 1. The fraction of sp³-hybridized carbons (Fsp3) is 0.615. The summed E-state index contributed by atoms with van der Waals surface area (Å²) in [7, 11) is 0. The second-order valence-corrected chi connectivity index (χ2v) is 5.51. The van der Waals surface area contributed by atoms with E-state index >= 15 is 0 Å². The number of carbonyl (C=O) groups excluding carboxylic acids is 1. The maximum absolute atomic E-state index is 12.0. The van der Waals surface area contributed by atoms with Crippen molar-refractivity contribution in [1.82, 2.24) is 5.32 Å². The summed E-state index contributed by atoms with van der Waals surface area (Å²) in [5.41, 5.74) is 2.25. The van der Waals surface area contributed by atoms with Gasteiger partial charge in [0, 0.05) is 16.3 Å². The third kappa shape index (κ3) is 2.29. The molecule has 0 saturated carbocycles. The van der Waals surface area contributed by atoms with Crippen molar-refractivity contribution in [2.75, 3.05) is 0 Å². The quantitative estimate of drug-likeness (QED) is 0.859. The van der Waals surface area contributed by atoms with Gasteiger partial charge in [-0.25, -0.2) is 0 Å². The van der Waals surface area contributed by atoms with E-state index in [1.54, 1.807) is 11.3 Å². The van der Waals surface area contributed by atoms with Gasteiger partial charge in [0.25, 0.3) is 5.91 Å². The number of amides is 1. The van der Waals surface area contributed by atoms with Crippen molar-refractivity contribution in [1.29, 1.82) is 0 Å². The zero-order chi connectivity index (χ0) is 11.5. The van der Waals surface area contributed by atoms with Gasteiger partial charge in [-0.3, -0.25) is 4.79 Å². The van der Waals surface area contributed by atoms with Crippen molar-refractivity contribution in [3.05, 3.63) is 21.4 Å². The van der Waals surface area contributed by atoms with E-state index in [1.165, 1.54) is 23.3 Å². The molecule has 1 aromatic rings. The molecule has 0 saturated heterocycles. The highest BCUT2D eigenvalue weighted by atomic mass is 32.1. The number of hydrogen-bond acceptors (Lipinski definition) is 2. The molecule has 1 aliphatic rings. The van der Waals surface area contributed by atoms with Crippen LogP contribution in [-0.2, 0) is 12.8 Å². The molecular weight excluding hydrogens is 218 g/mol. The molecule has 1 N–H and O–H groups in total. The Bertz CT molecular complexity index is 383. The monoisotopic (exact) mass is 237 g/mol. The number of hydrogen-bond donors (Lipinski definition) is 1. The molecule has 1 amide bonds. The van der Waals surface area contributed by atoms with E-state index < -0.39 is 0 Å². The third-order valence-electron chi connectivity index (χ3n) is 3.30. The van der Waals surface area contributed by atoms with Crippen molar-refractivity contribution in [2.24, 2.45) is 0 Å². The minimum atomic E-state index is 0.119. The number of fused-ring (bicyclic) bond motifs is 1. The Morgan fingerprint density at radius 2 is 2.25 bits per heavy atom. The first-order valence-electron chi connectivity index (χ1n) is 6.12. The molecule has 0 fully saturated rings. The summed E-state index contributed by atoms with van der Waals surface area (Å²) in [6, 6.07) is 0.270. The highest BCUT2D eigenvalue weighted by Crippen LogP contribution is 2.30. The number of carbonyl (C=O) groups is 1. The lowest BCUT2D eigenvalue weighted by molar-refractivity contribution is 0.0938. The van der Waals surface area contributed by atoms with E-state index in [4.69, 9.17) is 0 Å². The van der Waals surface area contributed by atoms with Crippen LogP contribution in [-0.4, -0.2) is 11.9 Å². The molecule has 1 heterocycles. The molecule has 16 heavy (non-hydrogen) atoms. The smallest absolute Gasteiger partial charge is 0.252 e. The van der Waals surface area contributed by atoms with E-state index in [-0.39, 0.29) is 11.9 Å². The molecule has 1 unspecified atom stereocenters. The maximum Gasteiger partial charge on any atom is 0.252 e. The van der Waals surface area contributed by atoms with Crippen molar-refractivity contribution in [3.63, 3.8) is 0 Å². The van der Waals surface area contributed by atoms with Gasteiger partial charge in [0.1, 0.15) is 0 Å². The zero-order valence-corrected chi connectivity index (χ0v) is 10.8. The topological polar surface area (TPSA) is 29.1 Å². The molecule has 3 heteroatoms. The van der Waals surface area contributed by atoms with Crippen LogP contribution in [0, 0.1) is 0 Å². The van der Waals surface area contributed by atoms with Crippen molar-refractivity contribution in [2.45, 2.75) is 52.0 Å². The molecule has 0 spiro atoms. The van der Waals surface area contributed by atoms with Crippen molar-refractivity contribution >= 4 is 17.2 Å². The lowest BCUT2D eigenvalue weighted by Gasteiger charge is -2.14. The molecule has 0 bridgehead atoms. The highest BCUT2D eigenvalue weighted by molar-refractivity contribution is 7.10. The molecule has 1 aromatic heterocycles. The standard InChI is InChI=1S/C13H19NOS/c1-3-9(2)14-13(15)11-8-16-12-7-5-4-6-10(11)12/h8-9H,3-7H2,1-2H3,(H,14,15). The van der Waals surface area contributed by atoms with Crippen LogP contribution in [0.4, 0.5) is 0 Å². The van der Waals surface area contributed by atoms with Gasteiger partial charge in [-0.2, -0.15) is 0 Å². The van der Waals surface area contributed by atoms with Gasteiger partial charge in [-0.15, -0.1) is 11.3 Å². The summed E-state index contributed by atoms with van der Waals surface area (Å²) in [6.45, 7) is 4.14. The first-order chi connectivity index (χ1) is 7.72. The van der Waals surface area contributed by atoms with E-state index in [9.17, 15) is 4.79 Å². The van der Waals surface area contributed by atoms with E-state index in [0.29, 0.717) is 0 Å². The normalized spacial score (nSPS) is 16.6. The molecular formula is C13H19NOS. The van der Waals surface area contributed by atoms with E-state index in [0.717, 1.165) is 24.8 Å². The second kappa shape index (κ2) is 5.00. The average Bonchev–Trinajstić information content (AvgIpc) is 2.72. The van der Waals surface area contributed by atoms with E-state index in [2.05, 4.69) is 19.2 Å². The molecule has 1 aliphatic carbocycles. The van der Waals surface area contributed by atoms with Gasteiger partial charge in [0.2, 0.25) is 0 Å². The van der Waals surface area contributed by atoms with Crippen LogP contribution in [0.5, 0.6) is 0 Å². The van der Waals surface area contributed by atoms with Gasteiger partial charge in [0.05, 0.1) is 5.56 Å². The van der Waals surface area contributed by atoms with Gasteiger partial charge in [-0.05, 0) is 44.6 Å². The van der Waals surface area contributed by atoms with Crippen LogP contribution in [0.3, 0.4) is 0 Å². The van der Waals surface area contributed by atoms with Gasteiger partial charge >= 0.3 is 0 Å². The second-order valence-electron chi connectivity index (χ2n) is 4.54. The van der Waals surface area contributed by atoms with Gasteiger partial charge in [-0.1, -0.05) is 6.92 Å². The average molecular weight is 237 g/mol. The Labute approximate surface area is 101 Å². The summed E-state index contributed by atoms with van der Waals surface area (Å²) in [5.74, 6) is 0.119. The van der Waals surface area contributed by atoms with Crippen LogP contribution in [0.25, 0.3) is 0 Å². The molecule has 0 aliphatic heterocycles. The fourth-order valence-electron chi connectivity index (χ4n) is 2.09. The first kappa shape index (κ1) is 11.6. The third-order valence-corrected chi connectivity index (χ3v) is 4.38. The molecule has 0 radical (unpaired) electrons. The molecule has 0 aromatic carbocycles. The van der Waals surface area contributed by atoms with Crippen LogP contribution in [0.15, 0.2) is 5.38 Å². The Hall–Kier alpha value is -0.830. The van der Waals surface area contributed by atoms with Crippen molar-refractivity contribution in [3.8, 4) is 0 Å². The predicted octanol–water partition coefficient (Wildman–Crippen LogP) is 3.16. The summed E-state index contributed by atoms with van der Waals surface area (Å²) in [4.78, 5) is 13.5. The number of rotatable bonds is 3. The summed E-state index contributed by atoms with van der Waals surface area (Å²) < 4.78 is 0. The fourth-order valence-corrected chi connectivity index (χ4v) is 3.21. The van der Waals surface area contributed by atoms with E-state index in [1.807, 2.05) is 5.38 Å². The minimum Gasteiger partial charge on any atom is -0.350 e. The molecule has 2 rings (SSSR count). The minimum absolute atomic E-state index is 0.119. The largest absolute Gasteiger partial charge is 0.350 e. The summed E-state index contributed by atoms with van der Waals surface area (Å²) in [5, 5.41) is 5.09. The van der Waals surface area contributed by atoms with Crippen LogP contribution in [0.2, 0.25) is 0 Å². The lowest BCUT2D eigenvalue weighted by Crippen LogP contribution is -2.32. The lowest BCUT2D eigenvalue weighted by atomic mass is 9.95. The Kier molecular flexibility index (Phi) is 3.64. The molecule has 1 atom stereocenters. The Morgan fingerprint density at radius 1 is 1.50 bits per heavy atom. The number of nitrogens with one attached hydrogen (secondary N) is 1. The van der Waals surface area contributed by atoms with Crippen LogP contribution in [0.1, 0.15) is 53.9 Å².